The number of ether oxygens (including phenoxy) is 1. The smallest absolute Gasteiger partial charge is 0.0637 e. The first-order valence-corrected chi connectivity index (χ1v) is 6.86. The number of nitrogens with zero attached hydrogens (tertiary/aromatic N) is 1. The molecule has 16 heavy (non-hydrogen) atoms. The zero-order valence-electron chi connectivity index (χ0n) is 10.7. The van der Waals surface area contributed by atoms with Crippen LogP contribution >= 0.6 is 0 Å². The van der Waals surface area contributed by atoms with E-state index in [1.807, 2.05) is 0 Å². The van der Waals surface area contributed by atoms with Gasteiger partial charge >= 0.3 is 0 Å². The van der Waals surface area contributed by atoms with Gasteiger partial charge in [0.25, 0.3) is 0 Å². The molecule has 2 unspecified atom stereocenters. The molecule has 0 aromatic heterocycles. The minimum atomic E-state index is 0.580. The molecule has 0 amide bonds. The number of nitrogens with one attached hydrogen (secondary N) is 1. The first-order valence-electron chi connectivity index (χ1n) is 6.86. The van der Waals surface area contributed by atoms with Crippen molar-refractivity contribution in [1.82, 2.24) is 10.2 Å². The second-order valence-corrected chi connectivity index (χ2v) is 5.20. The van der Waals surface area contributed by atoms with E-state index in [1.54, 1.807) is 0 Å². The average Bonchev–Trinajstić information content (AvgIpc) is 2.83. The lowest BCUT2D eigenvalue weighted by Crippen LogP contribution is -2.56. The van der Waals surface area contributed by atoms with Gasteiger partial charge in [0.2, 0.25) is 0 Å². The van der Waals surface area contributed by atoms with Gasteiger partial charge in [-0.2, -0.15) is 0 Å². The largest absolute Gasteiger partial charge is 0.380 e. The van der Waals surface area contributed by atoms with E-state index in [9.17, 15) is 0 Å². The van der Waals surface area contributed by atoms with E-state index in [-0.39, 0.29) is 0 Å². The van der Waals surface area contributed by atoms with Gasteiger partial charge in [0.05, 0.1) is 6.61 Å². The van der Waals surface area contributed by atoms with Crippen molar-refractivity contribution in [2.75, 3.05) is 26.8 Å². The van der Waals surface area contributed by atoms with Crippen LogP contribution < -0.4 is 5.32 Å². The topological polar surface area (TPSA) is 24.5 Å². The molecular formula is C13H26N2O. The van der Waals surface area contributed by atoms with Crippen LogP contribution in [-0.4, -0.2) is 49.8 Å². The number of rotatable bonds is 4. The van der Waals surface area contributed by atoms with Gasteiger partial charge in [-0.3, -0.25) is 4.90 Å². The lowest BCUT2D eigenvalue weighted by molar-refractivity contribution is -0.00723. The van der Waals surface area contributed by atoms with E-state index in [2.05, 4.69) is 24.2 Å². The Morgan fingerprint density at radius 2 is 2.00 bits per heavy atom. The predicted octanol–water partition coefficient (Wildman–Crippen LogP) is 1.63. The molecule has 2 atom stereocenters. The van der Waals surface area contributed by atoms with Crippen molar-refractivity contribution in [2.45, 2.75) is 57.2 Å². The molecule has 3 nitrogen and oxygen atoms in total. The summed E-state index contributed by atoms with van der Waals surface area (Å²) >= 11 is 0. The number of likely N-dealkylation sites (N-methyl/N-ethyl adjacent to an activating group) is 2. The highest BCUT2D eigenvalue weighted by molar-refractivity contribution is 4.90. The van der Waals surface area contributed by atoms with E-state index < -0.39 is 0 Å². The van der Waals surface area contributed by atoms with Crippen molar-refractivity contribution in [1.29, 1.82) is 0 Å². The lowest BCUT2D eigenvalue weighted by atomic mass is 10.00. The van der Waals surface area contributed by atoms with Crippen LogP contribution in [0.2, 0.25) is 0 Å². The molecule has 3 heteroatoms. The third kappa shape index (κ3) is 2.76. The zero-order chi connectivity index (χ0) is 11.4. The molecule has 1 saturated carbocycles. The summed E-state index contributed by atoms with van der Waals surface area (Å²) in [7, 11) is 2.29. The molecule has 1 aliphatic heterocycles. The third-order valence-corrected chi connectivity index (χ3v) is 4.22. The van der Waals surface area contributed by atoms with Crippen LogP contribution in [0, 0.1) is 0 Å². The molecule has 2 rings (SSSR count). The Morgan fingerprint density at radius 3 is 2.69 bits per heavy atom. The van der Waals surface area contributed by atoms with Crippen molar-refractivity contribution in [3.05, 3.63) is 0 Å². The number of hydrogen-bond donors (Lipinski definition) is 1. The summed E-state index contributed by atoms with van der Waals surface area (Å²) < 4.78 is 5.66. The van der Waals surface area contributed by atoms with Crippen LogP contribution in [0.15, 0.2) is 0 Å². The molecule has 1 aliphatic carbocycles. The van der Waals surface area contributed by atoms with Crippen molar-refractivity contribution in [3.8, 4) is 0 Å². The molecule has 2 fully saturated rings. The Balaban J connectivity index is 1.92. The van der Waals surface area contributed by atoms with Gasteiger partial charge in [0.15, 0.2) is 0 Å². The molecule has 94 valence electrons. The van der Waals surface area contributed by atoms with Gasteiger partial charge < -0.3 is 10.1 Å². The Hall–Kier alpha value is -0.120. The summed E-state index contributed by atoms with van der Waals surface area (Å²) in [6.07, 6.45) is 6.75. The molecule has 1 N–H and O–H groups in total. The standard InChI is InChI=1S/C13H26N2O/c1-3-14-12-8-9-16-10-13(12)15(2)11-6-4-5-7-11/h11-14H,3-10H2,1-2H3. The minimum Gasteiger partial charge on any atom is -0.380 e. The molecular weight excluding hydrogens is 200 g/mol. The monoisotopic (exact) mass is 226 g/mol. The summed E-state index contributed by atoms with van der Waals surface area (Å²) in [6, 6.07) is 2.01. The highest BCUT2D eigenvalue weighted by Gasteiger charge is 2.32. The predicted molar refractivity (Wildman–Crippen MR) is 66.7 cm³/mol. The SMILES string of the molecule is CCNC1CCOCC1N(C)C1CCCC1. The highest BCUT2D eigenvalue weighted by Crippen LogP contribution is 2.26. The van der Waals surface area contributed by atoms with Gasteiger partial charge in [0, 0.05) is 24.7 Å². The van der Waals surface area contributed by atoms with Crippen molar-refractivity contribution >= 4 is 0 Å². The van der Waals surface area contributed by atoms with Gasteiger partial charge in [-0.25, -0.2) is 0 Å². The second kappa shape index (κ2) is 5.99. The first kappa shape index (κ1) is 12.3. The van der Waals surface area contributed by atoms with Gasteiger partial charge in [0.1, 0.15) is 0 Å². The normalized spacial score (nSPS) is 32.4. The van der Waals surface area contributed by atoms with Crippen LogP contribution in [0.25, 0.3) is 0 Å². The lowest BCUT2D eigenvalue weighted by Gasteiger charge is -2.41. The highest BCUT2D eigenvalue weighted by atomic mass is 16.5. The molecule has 1 heterocycles. The Kier molecular flexibility index (Phi) is 4.62. The third-order valence-electron chi connectivity index (χ3n) is 4.22. The first-order chi connectivity index (χ1) is 7.83. The van der Waals surface area contributed by atoms with Crippen LogP contribution in [0.4, 0.5) is 0 Å². The van der Waals surface area contributed by atoms with Crippen LogP contribution in [-0.2, 0) is 4.74 Å². The maximum Gasteiger partial charge on any atom is 0.0637 e. The van der Waals surface area contributed by atoms with E-state index in [0.717, 1.165) is 32.2 Å². The average molecular weight is 226 g/mol. The Labute approximate surface area is 99.5 Å². The summed E-state index contributed by atoms with van der Waals surface area (Å²) in [6.45, 7) is 5.10. The summed E-state index contributed by atoms with van der Waals surface area (Å²) in [4.78, 5) is 2.58. The second-order valence-electron chi connectivity index (χ2n) is 5.20. The fourth-order valence-corrected chi connectivity index (χ4v) is 3.21. The van der Waals surface area contributed by atoms with Crippen molar-refractivity contribution in [3.63, 3.8) is 0 Å². The van der Waals surface area contributed by atoms with Gasteiger partial charge in [-0.15, -0.1) is 0 Å². The van der Waals surface area contributed by atoms with Gasteiger partial charge in [-0.05, 0) is 32.9 Å². The summed E-state index contributed by atoms with van der Waals surface area (Å²) in [5.41, 5.74) is 0. The summed E-state index contributed by atoms with van der Waals surface area (Å²) in [5, 5.41) is 3.62. The van der Waals surface area contributed by atoms with Crippen LogP contribution in [0.5, 0.6) is 0 Å². The Morgan fingerprint density at radius 1 is 1.25 bits per heavy atom. The zero-order valence-corrected chi connectivity index (χ0v) is 10.7. The van der Waals surface area contributed by atoms with Crippen LogP contribution in [0.1, 0.15) is 39.0 Å². The summed E-state index contributed by atoms with van der Waals surface area (Å²) in [5.74, 6) is 0. The molecule has 1 saturated heterocycles. The van der Waals surface area contributed by atoms with E-state index in [0.29, 0.717) is 12.1 Å². The number of hydrogen-bond acceptors (Lipinski definition) is 3. The van der Waals surface area contributed by atoms with E-state index in [1.165, 1.54) is 25.7 Å². The Bertz CT molecular complexity index is 202. The fourth-order valence-electron chi connectivity index (χ4n) is 3.21. The minimum absolute atomic E-state index is 0.580. The fraction of sp³-hybridized carbons (Fsp3) is 1.00. The van der Waals surface area contributed by atoms with Crippen LogP contribution in [0.3, 0.4) is 0 Å². The van der Waals surface area contributed by atoms with Crippen molar-refractivity contribution in [2.24, 2.45) is 0 Å². The molecule has 0 radical (unpaired) electrons. The van der Waals surface area contributed by atoms with E-state index >= 15 is 0 Å². The molecule has 0 aromatic rings. The van der Waals surface area contributed by atoms with Gasteiger partial charge in [-0.1, -0.05) is 19.8 Å². The molecule has 0 spiro atoms. The van der Waals surface area contributed by atoms with Crippen molar-refractivity contribution < 1.29 is 4.74 Å². The maximum absolute atomic E-state index is 5.66. The molecule has 2 aliphatic rings. The maximum atomic E-state index is 5.66. The molecule has 0 bridgehead atoms. The molecule has 0 aromatic carbocycles. The quantitative estimate of drug-likeness (QED) is 0.788. The van der Waals surface area contributed by atoms with E-state index in [4.69, 9.17) is 4.74 Å².